The molecule has 0 bridgehead atoms. The molecule has 0 aliphatic carbocycles. The number of hydrogen-bond acceptors (Lipinski definition) is 5. The van der Waals surface area contributed by atoms with Gasteiger partial charge in [0.1, 0.15) is 11.5 Å². The minimum atomic E-state index is -4.19. The fourth-order valence-corrected chi connectivity index (χ4v) is 2.96. The number of pyridine rings is 1. The second-order valence-corrected chi connectivity index (χ2v) is 5.94. The standard InChI is InChI=1S/C14H13N3O5S/c1-21-11-7-8(22-23(16,19)20)6-10-12(11)13(14(15)18)9-4-2-3-5-17(9)10/h2-7H,1H3,(H2,15,18)(H2,16,19,20). The quantitative estimate of drug-likeness (QED) is 0.728. The molecule has 3 aromatic rings. The highest BCUT2D eigenvalue weighted by atomic mass is 32.2. The molecule has 0 saturated carbocycles. The minimum Gasteiger partial charge on any atom is -0.496 e. The number of carbonyl (C=O) groups excluding carboxylic acids is 1. The van der Waals surface area contributed by atoms with Crippen LogP contribution in [-0.4, -0.2) is 25.8 Å². The Bertz CT molecular complexity index is 1040. The van der Waals surface area contributed by atoms with Crippen molar-refractivity contribution < 1.29 is 22.1 Å². The van der Waals surface area contributed by atoms with Crippen LogP contribution in [0.3, 0.4) is 0 Å². The van der Waals surface area contributed by atoms with Crippen molar-refractivity contribution in [1.29, 1.82) is 0 Å². The molecule has 1 amide bonds. The number of fused-ring (bicyclic) bond motifs is 3. The van der Waals surface area contributed by atoms with Gasteiger partial charge >= 0.3 is 10.3 Å². The van der Waals surface area contributed by atoms with E-state index in [-0.39, 0.29) is 17.1 Å². The molecule has 2 heterocycles. The number of rotatable bonds is 4. The molecular weight excluding hydrogens is 322 g/mol. The first-order valence-electron chi connectivity index (χ1n) is 6.44. The van der Waals surface area contributed by atoms with E-state index in [2.05, 4.69) is 0 Å². The maximum absolute atomic E-state index is 11.9. The van der Waals surface area contributed by atoms with Crippen LogP contribution < -0.4 is 19.8 Å². The highest BCUT2D eigenvalue weighted by Crippen LogP contribution is 2.37. The predicted octanol–water partition coefficient (Wildman–Crippen LogP) is 0.782. The number of hydrogen-bond donors (Lipinski definition) is 2. The number of aromatic nitrogens is 1. The Morgan fingerprint density at radius 3 is 2.57 bits per heavy atom. The summed E-state index contributed by atoms with van der Waals surface area (Å²) in [4.78, 5) is 11.9. The molecule has 0 aliphatic rings. The molecule has 0 radical (unpaired) electrons. The lowest BCUT2D eigenvalue weighted by atomic mass is 10.1. The number of carbonyl (C=O) groups is 1. The second kappa shape index (κ2) is 5.14. The van der Waals surface area contributed by atoms with E-state index in [0.29, 0.717) is 16.4 Å². The molecule has 4 N–H and O–H groups in total. The Kier molecular flexibility index (Phi) is 3.38. The highest BCUT2D eigenvalue weighted by Gasteiger charge is 2.21. The van der Waals surface area contributed by atoms with E-state index in [9.17, 15) is 13.2 Å². The van der Waals surface area contributed by atoms with Gasteiger partial charge in [0.15, 0.2) is 0 Å². The third-order valence-electron chi connectivity index (χ3n) is 3.36. The van der Waals surface area contributed by atoms with Crippen LogP contribution >= 0.6 is 0 Å². The van der Waals surface area contributed by atoms with E-state index in [1.54, 1.807) is 28.8 Å². The van der Waals surface area contributed by atoms with Crippen molar-refractivity contribution in [2.24, 2.45) is 10.9 Å². The zero-order valence-corrected chi connectivity index (χ0v) is 12.8. The van der Waals surface area contributed by atoms with Crippen molar-refractivity contribution in [3.63, 3.8) is 0 Å². The lowest BCUT2D eigenvalue weighted by Gasteiger charge is -2.08. The first-order valence-corrected chi connectivity index (χ1v) is 7.92. The van der Waals surface area contributed by atoms with Crippen LogP contribution in [0.25, 0.3) is 16.4 Å². The molecule has 0 atom stereocenters. The van der Waals surface area contributed by atoms with Gasteiger partial charge < -0.3 is 19.1 Å². The summed E-state index contributed by atoms with van der Waals surface area (Å²) in [6.07, 6.45) is 1.71. The monoisotopic (exact) mass is 335 g/mol. The third kappa shape index (κ3) is 2.56. The SMILES string of the molecule is COc1cc(OS(N)(=O)=O)cc2c1c(C(N)=O)c1ccccn12. The first-order chi connectivity index (χ1) is 10.8. The summed E-state index contributed by atoms with van der Waals surface area (Å²) in [6.45, 7) is 0. The van der Waals surface area contributed by atoms with Gasteiger partial charge in [-0.2, -0.15) is 13.6 Å². The molecule has 0 aliphatic heterocycles. The van der Waals surface area contributed by atoms with E-state index in [1.807, 2.05) is 0 Å². The molecule has 9 heteroatoms. The van der Waals surface area contributed by atoms with Crippen molar-refractivity contribution in [1.82, 2.24) is 4.40 Å². The highest BCUT2D eigenvalue weighted by molar-refractivity contribution is 7.84. The molecule has 23 heavy (non-hydrogen) atoms. The zero-order chi connectivity index (χ0) is 16.8. The number of nitrogens with zero attached hydrogens (tertiary/aromatic N) is 1. The Morgan fingerprint density at radius 2 is 1.96 bits per heavy atom. The van der Waals surface area contributed by atoms with Crippen LogP contribution in [-0.2, 0) is 10.3 Å². The van der Waals surface area contributed by atoms with Gasteiger partial charge in [-0.15, -0.1) is 0 Å². The molecular formula is C14H13N3O5S. The van der Waals surface area contributed by atoms with Gasteiger partial charge in [-0.1, -0.05) is 6.07 Å². The average molecular weight is 335 g/mol. The summed E-state index contributed by atoms with van der Waals surface area (Å²) in [7, 11) is -2.80. The van der Waals surface area contributed by atoms with Crippen molar-refractivity contribution in [2.45, 2.75) is 0 Å². The zero-order valence-electron chi connectivity index (χ0n) is 12.0. The van der Waals surface area contributed by atoms with Gasteiger partial charge in [0.25, 0.3) is 5.91 Å². The lowest BCUT2D eigenvalue weighted by Crippen LogP contribution is -2.19. The van der Waals surface area contributed by atoms with Gasteiger partial charge in [-0.05, 0) is 12.1 Å². The normalized spacial score (nSPS) is 11.7. The van der Waals surface area contributed by atoms with E-state index >= 15 is 0 Å². The maximum Gasteiger partial charge on any atom is 0.380 e. The van der Waals surface area contributed by atoms with Crippen LogP contribution in [0.4, 0.5) is 0 Å². The molecule has 0 unspecified atom stereocenters. The Morgan fingerprint density at radius 1 is 1.22 bits per heavy atom. The summed E-state index contributed by atoms with van der Waals surface area (Å²) in [5.74, 6) is -0.406. The van der Waals surface area contributed by atoms with Crippen molar-refractivity contribution in [3.05, 3.63) is 42.1 Å². The minimum absolute atomic E-state index is 0.0314. The van der Waals surface area contributed by atoms with E-state index in [0.717, 1.165) is 0 Å². The third-order valence-corrected chi connectivity index (χ3v) is 3.78. The lowest BCUT2D eigenvalue weighted by molar-refractivity contribution is 0.100. The Balaban J connectivity index is 2.46. The van der Waals surface area contributed by atoms with E-state index in [4.69, 9.17) is 19.8 Å². The van der Waals surface area contributed by atoms with Gasteiger partial charge in [0.05, 0.1) is 29.1 Å². The first kappa shape index (κ1) is 15.1. The average Bonchev–Trinajstić information content (AvgIpc) is 2.79. The molecule has 120 valence electrons. The number of amides is 1. The Labute approximate surface area is 131 Å². The second-order valence-electron chi connectivity index (χ2n) is 4.79. The van der Waals surface area contributed by atoms with Crippen LogP contribution in [0.2, 0.25) is 0 Å². The molecule has 0 saturated heterocycles. The number of benzene rings is 1. The molecule has 8 nitrogen and oxygen atoms in total. The molecule has 3 rings (SSSR count). The summed E-state index contributed by atoms with van der Waals surface area (Å²) < 4.78 is 34.0. The van der Waals surface area contributed by atoms with Crippen molar-refractivity contribution in [3.8, 4) is 11.5 Å². The van der Waals surface area contributed by atoms with Crippen molar-refractivity contribution >= 4 is 32.6 Å². The number of ether oxygens (including phenoxy) is 1. The van der Waals surface area contributed by atoms with E-state index in [1.165, 1.54) is 19.2 Å². The van der Waals surface area contributed by atoms with Gasteiger partial charge in [0, 0.05) is 18.3 Å². The molecule has 2 aromatic heterocycles. The van der Waals surface area contributed by atoms with Crippen molar-refractivity contribution in [2.75, 3.05) is 7.11 Å². The number of primary amides is 1. The predicted molar refractivity (Wildman–Crippen MR) is 83.7 cm³/mol. The fourth-order valence-electron chi connectivity index (χ4n) is 2.60. The van der Waals surface area contributed by atoms with E-state index < -0.39 is 16.2 Å². The molecule has 0 fully saturated rings. The van der Waals surface area contributed by atoms with Gasteiger partial charge in [0.2, 0.25) is 0 Å². The van der Waals surface area contributed by atoms with Crippen LogP contribution in [0, 0.1) is 0 Å². The molecule has 0 spiro atoms. The van der Waals surface area contributed by atoms with Gasteiger partial charge in [-0.3, -0.25) is 4.79 Å². The summed E-state index contributed by atoms with van der Waals surface area (Å²) >= 11 is 0. The number of methoxy groups -OCH3 is 1. The van der Waals surface area contributed by atoms with Gasteiger partial charge in [-0.25, -0.2) is 0 Å². The topological polar surface area (TPSA) is 126 Å². The fraction of sp³-hybridized carbons (Fsp3) is 0.0714. The largest absolute Gasteiger partial charge is 0.496 e. The van der Waals surface area contributed by atoms with Crippen LogP contribution in [0.15, 0.2) is 36.5 Å². The van der Waals surface area contributed by atoms with Crippen LogP contribution in [0.5, 0.6) is 11.5 Å². The number of nitrogens with two attached hydrogens (primary N) is 2. The summed E-state index contributed by atoms with van der Waals surface area (Å²) in [5, 5.41) is 5.36. The Hall–Kier alpha value is -2.78. The molecule has 1 aromatic carbocycles. The summed E-state index contributed by atoms with van der Waals surface area (Å²) in [5.41, 5.74) is 6.85. The summed E-state index contributed by atoms with van der Waals surface area (Å²) in [6, 6.07) is 8.02. The maximum atomic E-state index is 11.9. The van der Waals surface area contributed by atoms with Crippen LogP contribution in [0.1, 0.15) is 10.4 Å². The smallest absolute Gasteiger partial charge is 0.380 e.